The number of carbonyl (C=O) groups is 3. The first-order chi connectivity index (χ1) is 9.86. The van der Waals surface area contributed by atoms with Crippen LogP contribution in [0.1, 0.15) is 26.7 Å². The van der Waals surface area contributed by atoms with Crippen LogP contribution in [0.2, 0.25) is 0 Å². The number of likely N-dealkylation sites (tertiary alicyclic amines) is 1. The summed E-state index contributed by atoms with van der Waals surface area (Å²) >= 11 is 0. The second kappa shape index (κ2) is 7.78. The van der Waals surface area contributed by atoms with Crippen LogP contribution in [-0.2, 0) is 19.1 Å². The van der Waals surface area contributed by atoms with E-state index in [1.165, 1.54) is 21.0 Å². The number of carbonyl (C=O) groups excluding carboxylic acids is 2. The van der Waals surface area contributed by atoms with E-state index in [9.17, 15) is 14.4 Å². The molecule has 0 aliphatic carbocycles. The van der Waals surface area contributed by atoms with E-state index in [-0.39, 0.29) is 35.6 Å². The second-order valence-corrected chi connectivity index (χ2v) is 5.12. The maximum atomic E-state index is 11.9. The maximum absolute atomic E-state index is 11.9. The number of hydrogen-bond donors (Lipinski definition) is 2. The summed E-state index contributed by atoms with van der Waals surface area (Å²) < 4.78 is 4.81. The van der Waals surface area contributed by atoms with Crippen molar-refractivity contribution in [1.82, 2.24) is 10.2 Å². The van der Waals surface area contributed by atoms with Crippen LogP contribution in [0.5, 0.6) is 0 Å². The number of ether oxygens (including phenoxy) is 1. The summed E-state index contributed by atoms with van der Waals surface area (Å²) in [7, 11) is 1.48. The highest BCUT2D eigenvalue weighted by Crippen LogP contribution is 2.12. The fourth-order valence-electron chi connectivity index (χ4n) is 2.11. The van der Waals surface area contributed by atoms with Crippen molar-refractivity contribution in [2.24, 2.45) is 0 Å². The van der Waals surface area contributed by atoms with E-state index in [2.05, 4.69) is 5.32 Å². The molecule has 2 amide bonds. The Labute approximate surface area is 123 Å². The Balaban J connectivity index is 2.49. The smallest absolute Gasteiger partial charge is 0.331 e. The van der Waals surface area contributed by atoms with E-state index in [0.29, 0.717) is 25.9 Å². The molecule has 0 unspecified atom stereocenters. The molecule has 0 bridgehead atoms. The lowest BCUT2D eigenvalue weighted by atomic mass is 10.0. The molecule has 7 heteroatoms. The number of carboxylic acids is 1. The predicted octanol–water partition coefficient (Wildman–Crippen LogP) is 0.161. The van der Waals surface area contributed by atoms with Gasteiger partial charge < -0.3 is 20.1 Å². The summed E-state index contributed by atoms with van der Waals surface area (Å²) in [4.78, 5) is 36.1. The highest BCUT2D eigenvalue weighted by molar-refractivity contribution is 6.01. The minimum Gasteiger partial charge on any atom is -0.478 e. The summed E-state index contributed by atoms with van der Waals surface area (Å²) in [6.45, 7) is 4.09. The summed E-state index contributed by atoms with van der Waals surface area (Å²) in [5.74, 6) is -1.51. The Bertz CT molecular complexity index is 450. The number of amides is 2. The van der Waals surface area contributed by atoms with Crippen LogP contribution >= 0.6 is 0 Å². The molecule has 0 aromatic carbocycles. The van der Waals surface area contributed by atoms with Crippen LogP contribution in [-0.4, -0.2) is 60.6 Å². The van der Waals surface area contributed by atoms with E-state index >= 15 is 0 Å². The van der Waals surface area contributed by atoms with Gasteiger partial charge in [-0.05, 0) is 26.7 Å². The molecular weight excluding hydrogens is 276 g/mol. The van der Waals surface area contributed by atoms with E-state index in [1.54, 1.807) is 4.90 Å². The summed E-state index contributed by atoms with van der Waals surface area (Å²) in [6.07, 6.45) is 1.31. The molecule has 0 spiro atoms. The van der Waals surface area contributed by atoms with Crippen LogP contribution in [0.15, 0.2) is 11.1 Å². The third-order valence-electron chi connectivity index (χ3n) is 3.67. The van der Waals surface area contributed by atoms with Crippen LogP contribution in [0.25, 0.3) is 0 Å². The van der Waals surface area contributed by atoms with Crippen LogP contribution in [0.4, 0.5) is 0 Å². The van der Waals surface area contributed by atoms with Crippen molar-refractivity contribution in [2.45, 2.75) is 32.7 Å². The van der Waals surface area contributed by atoms with Crippen molar-refractivity contribution in [3.05, 3.63) is 11.1 Å². The Hall–Kier alpha value is -1.89. The number of carboxylic acid groups (broad SMARTS) is 1. The molecule has 1 heterocycles. The highest BCUT2D eigenvalue weighted by atomic mass is 16.5. The van der Waals surface area contributed by atoms with Crippen molar-refractivity contribution in [3.8, 4) is 0 Å². The molecular formula is C14H22N2O5. The fraction of sp³-hybridized carbons (Fsp3) is 0.643. The molecule has 0 saturated carbocycles. The highest BCUT2D eigenvalue weighted by Gasteiger charge is 2.24. The first-order valence-corrected chi connectivity index (χ1v) is 6.85. The normalized spacial score (nSPS) is 17.2. The lowest BCUT2D eigenvalue weighted by Gasteiger charge is -2.32. The molecule has 118 valence electrons. The van der Waals surface area contributed by atoms with Crippen LogP contribution < -0.4 is 5.32 Å². The first-order valence-electron chi connectivity index (χ1n) is 6.85. The average Bonchev–Trinajstić information content (AvgIpc) is 2.46. The molecule has 1 aliphatic heterocycles. The summed E-state index contributed by atoms with van der Waals surface area (Å²) in [5.41, 5.74) is 0.251. The van der Waals surface area contributed by atoms with E-state index < -0.39 is 5.97 Å². The third-order valence-corrected chi connectivity index (χ3v) is 3.67. The summed E-state index contributed by atoms with van der Waals surface area (Å²) in [5, 5.41) is 11.7. The largest absolute Gasteiger partial charge is 0.478 e. The van der Waals surface area contributed by atoms with Gasteiger partial charge in [0, 0.05) is 37.4 Å². The van der Waals surface area contributed by atoms with E-state index in [4.69, 9.17) is 9.84 Å². The molecule has 7 nitrogen and oxygen atoms in total. The second-order valence-electron chi connectivity index (χ2n) is 5.12. The van der Waals surface area contributed by atoms with Crippen molar-refractivity contribution in [2.75, 3.05) is 26.8 Å². The molecule has 1 saturated heterocycles. The van der Waals surface area contributed by atoms with Gasteiger partial charge in [-0.2, -0.15) is 0 Å². The Morgan fingerprint density at radius 2 is 1.76 bits per heavy atom. The Morgan fingerprint density at radius 3 is 2.24 bits per heavy atom. The monoisotopic (exact) mass is 298 g/mol. The van der Waals surface area contributed by atoms with Gasteiger partial charge in [-0.15, -0.1) is 0 Å². The van der Waals surface area contributed by atoms with Gasteiger partial charge in [-0.25, -0.2) is 4.79 Å². The van der Waals surface area contributed by atoms with Crippen LogP contribution in [0, 0.1) is 0 Å². The number of rotatable bonds is 5. The SMILES string of the molecule is COCC(=O)N1CCC(NC(=O)C(C)=C(C)C(=O)O)CC1. The zero-order chi connectivity index (χ0) is 16.0. The minimum absolute atomic E-state index is 0.0411. The molecule has 0 aromatic rings. The maximum Gasteiger partial charge on any atom is 0.331 e. The van der Waals surface area contributed by atoms with E-state index in [0.717, 1.165) is 0 Å². The molecule has 0 aromatic heterocycles. The molecule has 21 heavy (non-hydrogen) atoms. The molecule has 1 fully saturated rings. The van der Waals surface area contributed by atoms with Gasteiger partial charge in [0.15, 0.2) is 0 Å². The van der Waals surface area contributed by atoms with Gasteiger partial charge in [0.2, 0.25) is 11.8 Å². The topological polar surface area (TPSA) is 95.9 Å². The number of nitrogens with zero attached hydrogens (tertiary/aromatic N) is 1. The van der Waals surface area contributed by atoms with Gasteiger partial charge in [-0.1, -0.05) is 0 Å². The standard InChI is InChI=1S/C14H22N2O5/c1-9(10(2)14(19)20)13(18)15-11-4-6-16(7-5-11)12(17)8-21-3/h11H,4-8H2,1-3H3,(H,15,18)(H,19,20). The molecule has 0 radical (unpaired) electrons. The first kappa shape index (κ1) is 17.2. The van der Waals surface area contributed by atoms with Crippen molar-refractivity contribution in [3.63, 3.8) is 0 Å². The quantitative estimate of drug-likeness (QED) is 0.705. The van der Waals surface area contributed by atoms with Gasteiger partial charge in [0.25, 0.3) is 0 Å². The lowest BCUT2D eigenvalue weighted by Crippen LogP contribution is -2.47. The minimum atomic E-state index is -1.09. The zero-order valence-electron chi connectivity index (χ0n) is 12.6. The predicted molar refractivity (Wildman–Crippen MR) is 75.6 cm³/mol. The number of nitrogens with one attached hydrogen (secondary N) is 1. The number of hydrogen-bond acceptors (Lipinski definition) is 4. The van der Waals surface area contributed by atoms with Crippen LogP contribution in [0.3, 0.4) is 0 Å². The third kappa shape index (κ3) is 4.86. The van der Waals surface area contributed by atoms with E-state index in [1.807, 2.05) is 0 Å². The van der Waals surface area contributed by atoms with Crippen molar-refractivity contribution >= 4 is 17.8 Å². The molecule has 1 aliphatic rings. The zero-order valence-corrected chi connectivity index (χ0v) is 12.6. The Kier molecular flexibility index (Phi) is 6.36. The van der Waals surface area contributed by atoms with Gasteiger partial charge >= 0.3 is 5.97 Å². The van der Waals surface area contributed by atoms with Crippen molar-refractivity contribution < 1.29 is 24.2 Å². The van der Waals surface area contributed by atoms with Gasteiger partial charge in [0.05, 0.1) is 0 Å². The Morgan fingerprint density at radius 1 is 1.19 bits per heavy atom. The summed E-state index contributed by atoms with van der Waals surface area (Å²) in [6, 6.07) is -0.0411. The molecule has 0 atom stereocenters. The number of methoxy groups -OCH3 is 1. The lowest BCUT2D eigenvalue weighted by molar-refractivity contribution is -0.136. The molecule has 1 rings (SSSR count). The van der Waals surface area contributed by atoms with Crippen molar-refractivity contribution in [1.29, 1.82) is 0 Å². The number of piperidine rings is 1. The molecule has 2 N–H and O–H groups in total. The number of aliphatic carboxylic acids is 1. The average molecular weight is 298 g/mol. The van der Waals surface area contributed by atoms with Gasteiger partial charge in [-0.3, -0.25) is 9.59 Å². The van der Waals surface area contributed by atoms with Gasteiger partial charge in [0.1, 0.15) is 6.61 Å². The fourth-order valence-corrected chi connectivity index (χ4v) is 2.11.